The van der Waals surface area contributed by atoms with Crippen LogP contribution in [-0.4, -0.2) is 79.5 Å². The van der Waals surface area contributed by atoms with Crippen molar-refractivity contribution in [1.82, 2.24) is 24.4 Å². The smallest absolute Gasteiger partial charge is 0.410 e. The number of amides is 1. The molecule has 240 valence electrons. The summed E-state index contributed by atoms with van der Waals surface area (Å²) in [4.78, 5) is 39.0. The Labute approximate surface area is 258 Å². The van der Waals surface area contributed by atoms with Gasteiger partial charge in [-0.1, -0.05) is 13.3 Å². The van der Waals surface area contributed by atoms with E-state index in [1.54, 1.807) is 27.1 Å². The maximum absolute atomic E-state index is 12.4. The van der Waals surface area contributed by atoms with Crippen molar-refractivity contribution >= 4 is 40.7 Å². The molecule has 0 aliphatic carbocycles. The fraction of sp³-hybridized carbons (Fsp3) is 0.581. The molecular formula is C31H45N7O6. The van der Waals surface area contributed by atoms with Crippen LogP contribution in [0.15, 0.2) is 30.6 Å². The van der Waals surface area contributed by atoms with E-state index in [0.717, 1.165) is 44.4 Å². The molecule has 1 amide bonds. The van der Waals surface area contributed by atoms with Gasteiger partial charge in [0.1, 0.15) is 24.1 Å². The molecule has 0 radical (unpaired) electrons. The Morgan fingerprint density at radius 2 is 1.98 bits per heavy atom. The molecule has 3 aromatic rings. The highest BCUT2D eigenvalue weighted by atomic mass is 16.6. The number of fused-ring (bicyclic) bond motifs is 1. The lowest BCUT2D eigenvalue weighted by molar-refractivity contribution is -0.138. The van der Waals surface area contributed by atoms with Gasteiger partial charge in [-0.2, -0.15) is 9.97 Å². The molecule has 0 bridgehead atoms. The Kier molecular flexibility index (Phi) is 11.2. The Balaban J connectivity index is 1.41. The average Bonchev–Trinajstić information content (AvgIpc) is 3.39. The highest BCUT2D eigenvalue weighted by Crippen LogP contribution is 2.30. The molecule has 13 nitrogen and oxygen atoms in total. The molecule has 2 unspecified atom stereocenters. The largest absolute Gasteiger partial charge is 0.494 e. The zero-order chi connectivity index (χ0) is 31.7. The van der Waals surface area contributed by atoms with Crippen LogP contribution in [0.25, 0.3) is 11.2 Å². The second-order valence-electron chi connectivity index (χ2n) is 12.0. The highest BCUT2D eigenvalue weighted by Gasteiger charge is 2.24. The first-order valence-corrected chi connectivity index (χ1v) is 15.3. The molecule has 1 aromatic carbocycles. The average molecular weight is 612 g/mol. The van der Waals surface area contributed by atoms with E-state index in [4.69, 9.17) is 24.2 Å². The Hall–Kier alpha value is -4.13. The van der Waals surface area contributed by atoms with E-state index in [1.807, 2.05) is 28.8 Å². The van der Waals surface area contributed by atoms with Crippen molar-refractivity contribution in [2.45, 2.75) is 91.0 Å². The van der Waals surface area contributed by atoms with Crippen molar-refractivity contribution in [1.29, 1.82) is 0 Å². The summed E-state index contributed by atoms with van der Waals surface area (Å²) in [6.07, 6.45) is 6.57. The van der Waals surface area contributed by atoms with Crippen LogP contribution in [0.1, 0.15) is 79.4 Å². The van der Waals surface area contributed by atoms with Crippen LogP contribution in [0.3, 0.4) is 0 Å². The summed E-state index contributed by atoms with van der Waals surface area (Å²) in [6, 6.07) is 7.61. The van der Waals surface area contributed by atoms with Gasteiger partial charge in [-0.15, -0.1) is 0 Å². The molecule has 1 aliphatic rings. The van der Waals surface area contributed by atoms with Crippen molar-refractivity contribution in [2.24, 2.45) is 0 Å². The summed E-state index contributed by atoms with van der Waals surface area (Å²) in [5, 5.41) is 16.0. The van der Waals surface area contributed by atoms with E-state index in [1.165, 1.54) is 4.90 Å². The number of hydrogen-bond donors (Lipinski definition) is 3. The van der Waals surface area contributed by atoms with Gasteiger partial charge in [-0.25, -0.2) is 9.78 Å². The maximum Gasteiger partial charge on any atom is 0.410 e. The number of carbonyl (C=O) groups excluding carboxylic acids is 1. The first-order valence-electron chi connectivity index (χ1n) is 15.3. The maximum atomic E-state index is 12.4. The van der Waals surface area contributed by atoms with Crippen molar-refractivity contribution < 1.29 is 28.9 Å². The fourth-order valence-corrected chi connectivity index (χ4v) is 4.90. The number of aliphatic carboxylic acids is 1. The number of anilines is 3. The van der Waals surface area contributed by atoms with Gasteiger partial charge in [0.25, 0.3) is 0 Å². The van der Waals surface area contributed by atoms with Gasteiger partial charge in [0.05, 0.1) is 12.9 Å². The van der Waals surface area contributed by atoms with Gasteiger partial charge >= 0.3 is 12.1 Å². The zero-order valence-electron chi connectivity index (χ0n) is 26.3. The summed E-state index contributed by atoms with van der Waals surface area (Å²) in [7, 11) is 0. The van der Waals surface area contributed by atoms with Crippen LogP contribution >= 0.6 is 0 Å². The second kappa shape index (κ2) is 15.0. The molecule has 44 heavy (non-hydrogen) atoms. The zero-order valence-corrected chi connectivity index (χ0v) is 26.3. The number of rotatable bonds is 14. The molecule has 0 spiro atoms. The van der Waals surface area contributed by atoms with Crippen LogP contribution in [0.4, 0.5) is 22.2 Å². The number of carboxylic acid groups (broad SMARTS) is 1. The summed E-state index contributed by atoms with van der Waals surface area (Å²) < 4.78 is 19.2. The number of ether oxygens (including phenoxy) is 3. The summed E-state index contributed by atoms with van der Waals surface area (Å²) in [6.45, 7) is 10.3. The molecule has 1 aliphatic heterocycles. The second-order valence-corrected chi connectivity index (χ2v) is 12.0. The first kappa shape index (κ1) is 32.8. The number of carboxylic acids is 1. The lowest BCUT2D eigenvalue weighted by Gasteiger charge is -2.26. The number of aromatic nitrogens is 4. The number of hydrogen-bond acceptors (Lipinski definition) is 10. The molecule has 13 heteroatoms. The van der Waals surface area contributed by atoms with E-state index in [-0.39, 0.29) is 18.8 Å². The molecule has 2 aromatic heterocycles. The first-order chi connectivity index (χ1) is 21.0. The van der Waals surface area contributed by atoms with Crippen LogP contribution in [0.2, 0.25) is 0 Å². The molecular weight excluding hydrogens is 566 g/mol. The molecule has 1 fully saturated rings. The summed E-state index contributed by atoms with van der Waals surface area (Å²) in [5.41, 5.74) is 1.49. The van der Waals surface area contributed by atoms with Gasteiger partial charge in [0.2, 0.25) is 5.95 Å². The molecule has 1 saturated heterocycles. The van der Waals surface area contributed by atoms with E-state index in [2.05, 4.69) is 29.5 Å². The SMILES string of the molecule is CCCC(C)Nc1nc(Nc2ccc(OCCCN(CC(=O)O)C(=O)OC(C)(C)C)cc2)nc2c1ncn2C1CCCCO1. The molecule has 4 rings (SSSR count). The quantitative estimate of drug-likeness (QED) is 0.185. The third-order valence-corrected chi connectivity index (χ3v) is 6.92. The van der Waals surface area contributed by atoms with Gasteiger partial charge in [0.15, 0.2) is 17.0 Å². The standard InChI is InChI=1S/C31H45N7O6/c1-6-10-21(2)33-27-26-28(38(20-32-26)24-11-7-8-17-43-24)36-29(35-27)34-22-12-14-23(15-13-22)42-18-9-16-37(19-25(39)40)30(41)44-31(3,4)5/h12-15,20-21,24H,6-11,16-19H2,1-5H3,(H,39,40)(H2,33,34,35,36). The summed E-state index contributed by atoms with van der Waals surface area (Å²) >= 11 is 0. The highest BCUT2D eigenvalue weighted by molar-refractivity contribution is 5.85. The number of nitrogens with zero attached hydrogens (tertiary/aromatic N) is 5. The minimum Gasteiger partial charge on any atom is -0.494 e. The molecule has 0 saturated carbocycles. The predicted octanol–water partition coefficient (Wildman–Crippen LogP) is 5.96. The van der Waals surface area contributed by atoms with Crippen molar-refractivity contribution in [2.75, 3.05) is 36.9 Å². The van der Waals surface area contributed by atoms with Gasteiger partial charge in [-0.3, -0.25) is 14.3 Å². The van der Waals surface area contributed by atoms with Crippen molar-refractivity contribution in [3.63, 3.8) is 0 Å². The fourth-order valence-electron chi connectivity index (χ4n) is 4.90. The van der Waals surface area contributed by atoms with Crippen LogP contribution in [-0.2, 0) is 14.3 Å². The molecule has 2 atom stereocenters. The van der Waals surface area contributed by atoms with Gasteiger partial charge < -0.3 is 30.0 Å². The Morgan fingerprint density at radius 1 is 1.20 bits per heavy atom. The van der Waals surface area contributed by atoms with E-state index in [9.17, 15) is 14.7 Å². The minimum atomic E-state index is -1.10. The minimum absolute atomic E-state index is 0.103. The topological polar surface area (TPSA) is 153 Å². The van der Waals surface area contributed by atoms with Crippen LogP contribution in [0, 0.1) is 0 Å². The number of nitrogens with one attached hydrogen (secondary N) is 2. The van der Waals surface area contributed by atoms with E-state index in [0.29, 0.717) is 41.7 Å². The lowest BCUT2D eigenvalue weighted by atomic mass is 10.2. The third kappa shape index (κ3) is 9.43. The van der Waals surface area contributed by atoms with E-state index >= 15 is 0 Å². The Morgan fingerprint density at radius 3 is 2.64 bits per heavy atom. The lowest BCUT2D eigenvalue weighted by Crippen LogP contribution is -2.40. The normalized spacial score (nSPS) is 15.9. The Bertz CT molecular complexity index is 1380. The van der Waals surface area contributed by atoms with Crippen LogP contribution in [0.5, 0.6) is 5.75 Å². The van der Waals surface area contributed by atoms with Gasteiger partial charge in [0, 0.05) is 24.9 Å². The van der Waals surface area contributed by atoms with Crippen LogP contribution < -0.4 is 15.4 Å². The van der Waals surface area contributed by atoms with Crippen molar-refractivity contribution in [3.05, 3.63) is 30.6 Å². The van der Waals surface area contributed by atoms with E-state index < -0.39 is 24.2 Å². The van der Waals surface area contributed by atoms with Crippen molar-refractivity contribution in [3.8, 4) is 5.75 Å². The third-order valence-electron chi connectivity index (χ3n) is 6.92. The predicted molar refractivity (Wildman–Crippen MR) is 167 cm³/mol. The van der Waals surface area contributed by atoms with Gasteiger partial charge in [-0.05, 0) is 84.1 Å². The summed E-state index contributed by atoms with van der Waals surface area (Å²) in [5.74, 6) is 0.650. The monoisotopic (exact) mass is 611 g/mol. The molecule has 3 N–H and O–H groups in total. The number of benzene rings is 1. The number of carbonyl (C=O) groups is 2. The number of imidazole rings is 1. The molecule has 3 heterocycles.